The summed E-state index contributed by atoms with van der Waals surface area (Å²) in [6, 6.07) is 22.9. The summed E-state index contributed by atoms with van der Waals surface area (Å²) in [6.45, 7) is 4.14. The summed E-state index contributed by atoms with van der Waals surface area (Å²) in [5.74, 6) is 2.33. The molecule has 6 heteroatoms. The number of hydrogen-bond donors (Lipinski definition) is 1. The van der Waals surface area contributed by atoms with E-state index >= 15 is 0 Å². The molecule has 0 aliphatic rings. The third-order valence-corrected chi connectivity index (χ3v) is 6.12. The number of benzene rings is 3. The molecule has 1 atom stereocenters. The number of nitrogens with one attached hydrogen (secondary N) is 1. The van der Waals surface area contributed by atoms with Crippen molar-refractivity contribution in [1.82, 2.24) is 4.72 Å². The first-order chi connectivity index (χ1) is 14.4. The third kappa shape index (κ3) is 5.84. The average molecular weight is 426 g/mol. The molecule has 0 amide bonds. The Hall–Kier alpha value is -2.83. The van der Waals surface area contributed by atoms with Crippen molar-refractivity contribution in [3.63, 3.8) is 0 Å². The molecule has 0 aliphatic heterocycles. The molecule has 0 heterocycles. The van der Waals surface area contributed by atoms with Crippen LogP contribution in [-0.2, 0) is 10.0 Å². The molecule has 5 nitrogen and oxygen atoms in total. The summed E-state index contributed by atoms with van der Waals surface area (Å²) >= 11 is 0. The van der Waals surface area contributed by atoms with Gasteiger partial charge in [-0.25, -0.2) is 13.1 Å². The van der Waals surface area contributed by atoms with Gasteiger partial charge in [-0.1, -0.05) is 44.2 Å². The largest absolute Gasteiger partial charge is 0.497 e. The summed E-state index contributed by atoms with van der Waals surface area (Å²) in [7, 11) is -2.09. The molecule has 0 unspecified atom stereocenters. The SMILES string of the molecule is COc1ccc([C@@H](CC(C)C)NS(=O)(=O)c2ccc(Oc3ccccc3)cc2)cc1. The minimum Gasteiger partial charge on any atom is -0.497 e. The second-order valence-corrected chi connectivity index (χ2v) is 9.18. The van der Waals surface area contributed by atoms with Crippen molar-refractivity contribution in [1.29, 1.82) is 0 Å². The zero-order valence-electron chi connectivity index (χ0n) is 17.4. The topological polar surface area (TPSA) is 64.6 Å². The molecule has 0 radical (unpaired) electrons. The maximum Gasteiger partial charge on any atom is 0.241 e. The van der Waals surface area contributed by atoms with E-state index in [1.54, 1.807) is 31.4 Å². The van der Waals surface area contributed by atoms with E-state index in [1.165, 1.54) is 0 Å². The Morgan fingerprint density at radius 2 is 1.37 bits per heavy atom. The zero-order chi connectivity index (χ0) is 21.6. The lowest BCUT2D eigenvalue weighted by Crippen LogP contribution is -2.29. The number of rotatable bonds is 9. The monoisotopic (exact) mass is 425 g/mol. The molecule has 0 aliphatic carbocycles. The van der Waals surface area contributed by atoms with Crippen molar-refractivity contribution >= 4 is 10.0 Å². The van der Waals surface area contributed by atoms with E-state index in [1.807, 2.05) is 54.6 Å². The van der Waals surface area contributed by atoms with Crippen molar-refractivity contribution in [3.05, 3.63) is 84.4 Å². The molecule has 0 bridgehead atoms. The van der Waals surface area contributed by atoms with Crippen LogP contribution in [0.25, 0.3) is 0 Å². The highest BCUT2D eigenvalue weighted by molar-refractivity contribution is 7.89. The number of para-hydroxylation sites is 1. The fourth-order valence-corrected chi connectivity index (χ4v) is 4.36. The smallest absolute Gasteiger partial charge is 0.241 e. The van der Waals surface area contributed by atoms with E-state index in [4.69, 9.17) is 9.47 Å². The van der Waals surface area contributed by atoms with Crippen molar-refractivity contribution < 1.29 is 17.9 Å². The standard InChI is InChI=1S/C24H27NO4S/c1-18(2)17-24(19-9-11-20(28-3)12-10-19)25-30(26,27)23-15-13-22(14-16-23)29-21-7-5-4-6-8-21/h4-16,18,24-25H,17H2,1-3H3/t24-/m1/s1. The fourth-order valence-electron chi connectivity index (χ4n) is 3.13. The van der Waals surface area contributed by atoms with Gasteiger partial charge < -0.3 is 9.47 Å². The summed E-state index contributed by atoms with van der Waals surface area (Å²) in [6.07, 6.45) is 0.681. The van der Waals surface area contributed by atoms with Crippen LogP contribution in [0.5, 0.6) is 17.2 Å². The number of methoxy groups -OCH3 is 1. The first-order valence-electron chi connectivity index (χ1n) is 9.86. The van der Waals surface area contributed by atoms with E-state index in [-0.39, 0.29) is 10.9 Å². The van der Waals surface area contributed by atoms with Crippen molar-refractivity contribution in [2.24, 2.45) is 5.92 Å². The molecule has 30 heavy (non-hydrogen) atoms. The van der Waals surface area contributed by atoms with Crippen LogP contribution < -0.4 is 14.2 Å². The van der Waals surface area contributed by atoms with Crippen LogP contribution in [-0.4, -0.2) is 15.5 Å². The molecule has 0 saturated carbocycles. The Balaban J connectivity index is 1.77. The molecule has 3 aromatic carbocycles. The number of ether oxygens (including phenoxy) is 2. The van der Waals surface area contributed by atoms with Gasteiger partial charge in [-0.15, -0.1) is 0 Å². The van der Waals surface area contributed by atoms with Crippen LogP contribution >= 0.6 is 0 Å². The van der Waals surface area contributed by atoms with Gasteiger partial charge in [-0.2, -0.15) is 0 Å². The fraction of sp³-hybridized carbons (Fsp3) is 0.250. The molecule has 0 spiro atoms. The molecule has 0 fully saturated rings. The van der Waals surface area contributed by atoms with Crippen LogP contribution in [0, 0.1) is 5.92 Å². The second-order valence-electron chi connectivity index (χ2n) is 7.46. The van der Waals surface area contributed by atoms with Crippen molar-refractivity contribution in [3.8, 4) is 17.2 Å². The third-order valence-electron chi connectivity index (χ3n) is 4.64. The molecule has 1 N–H and O–H groups in total. The average Bonchev–Trinajstić information content (AvgIpc) is 2.74. The predicted octanol–water partition coefficient (Wildman–Crippen LogP) is 5.55. The molecular weight excluding hydrogens is 398 g/mol. The highest BCUT2D eigenvalue weighted by atomic mass is 32.2. The predicted molar refractivity (Wildman–Crippen MR) is 118 cm³/mol. The van der Waals surface area contributed by atoms with E-state index in [0.717, 1.165) is 11.3 Å². The summed E-state index contributed by atoms with van der Waals surface area (Å²) in [5.41, 5.74) is 0.900. The normalized spacial score (nSPS) is 12.5. The van der Waals surface area contributed by atoms with Gasteiger partial charge in [0.2, 0.25) is 10.0 Å². The van der Waals surface area contributed by atoms with Gasteiger partial charge in [0, 0.05) is 6.04 Å². The number of hydrogen-bond acceptors (Lipinski definition) is 4. The Morgan fingerprint density at radius 3 is 1.93 bits per heavy atom. The molecule has 158 valence electrons. The van der Waals surface area contributed by atoms with Gasteiger partial charge >= 0.3 is 0 Å². The Bertz CT molecular complexity index is 1030. The van der Waals surface area contributed by atoms with Gasteiger partial charge in [-0.3, -0.25) is 0 Å². The zero-order valence-corrected chi connectivity index (χ0v) is 18.2. The summed E-state index contributed by atoms with van der Waals surface area (Å²) in [5, 5.41) is 0. The Kier molecular flexibility index (Phi) is 7.13. The Morgan fingerprint density at radius 1 is 0.800 bits per heavy atom. The summed E-state index contributed by atoms with van der Waals surface area (Å²) in [4.78, 5) is 0.199. The Labute approximate surface area is 178 Å². The lowest BCUT2D eigenvalue weighted by molar-refractivity contribution is 0.414. The highest BCUT2D eigenvalue weighted by Gasteiger charge is 2.22. The lowest BCUT2D eigenvalue weighted by Gasteiger charge is -2.21. The molecule has 3 aromatic rings. The molecule has 0 aromatic heterocycles. The minimum atomic E-state index is -3.70. The highest BCUT2D eigenvalue weighted by Crippen LogP contribution is 2.27. The van der Waals surface area contributed by atoms with Crippen LogP contribution in [0.1, 0.15) is 31.9 Å². The van der Waals surface area contributed by atoms with Gasteiger partial charge in [0.1, 0.15) is 17.2 Å². The van der Waals surface area contributed by atoms with E-state index in [9.17, 15) is 8.42 Å². The van der Waals surface area contributed by atoms with Gasteiger partial charge in [0.15, 0.2) is 0 Å². The van der Waals surface area contributed by atoms with E-state index < -0.39 is 10.0 Å². The van der Waals surface area contributed by atoms with Crippen molar-refractivity contribution in [2.75, 3.05) is 7.11 Å². The first-order valence-corrected chi connectivity index (χ1v) is 11.3. The lowest BCUT2D eigenvalue weighted by atomic mass is 9.98. The van der Waals surface area contributed by atoms with Crippen LogP contribution in [0.2, 0.25) is 0 Å². The number of sulfonamides is 1. The first kappa shape index (κ1) is 21.9. The van der Waals surface area contributed by atoms with E-state index in [0.29, 0.717) is 23.8 Å². The van der Waals surface area contributed by atoms with E-state index in [2.05, 4.69) is 18.6 Å². The van der Waals surface area contributed by atoms with Crippen molar-refractivity contribution in [2.45, 2.75) is 31.2 Å². The van der Waals surface area contributed by atoms with Crippen LogP contribution in [0.4, 0.5) is 0 Å². The second kappa shape index (κ2) is 9.78. The van der Waals surface area contributed by atoms with Crippen LogP contribution in [0.15, 0.2) is 83.8 Å². The van der Waals surface area contributed by atoms with Crippen LogP contribution in [0.3, 0.4) is 0 Å². The molecular formula is C24H27NO4S. The summed E-state index contributed by atoms with van der Waals surface area (Å²) < 4.78 is 39.8. The van der Waals surface area contributed by atoms with Gasteiger partial charge in [-0.05, 0) is 66.4 Å². The molecule has 0 saturated heterocycles. The molecule has 3 rings (SSSR count). The quantitative estimate of drug-likeness (QED) is 0.488. The maximum absolute atomic E-state index is 13.0. The maximum atomic E-state index is 13.0. The van der Waals surface area contributed by atoms with Gasteiger partial charge in [0.25, 0.3) is 0 Å². The van der Waals surface area contributed by atoms with Gasteiger partial charge in [0.05, 0.1) is 12.0 Å². The minimum absolute atomic E-state index is 0.199.